The number of pyridine rings is 1. The van der Waals surface area contributed by atoms with Crippen LogP contribution in [0, 0.1) is 6.92 Å². The van der Waals surface area contributed by atoms with Gasteiger partial charge >= 0.3 is 0 Å². The molecule has 0 bridgehead atoms. The Labute approximate surface area is 203 Å². The molecule has 0 atom stereocenters. The summed E-state index contributed by atoms with van der Waals surface area (Å²) in [4.78, 5) is 23.0. The van der Waals surface area contributed by atoms with E-state index in [1.165, 1.54) is 4.68 Å². The zero-order valence-corrected chi connectivity index (χ0v) is 19.7. The summed E-state index contributed by atoms with van der Waals surface area (Å²) in [5, 5.41) is 18.7. The molecule has 0 radical (unpaired) electrons. The third-order valence-electron chi connectivity index (χ3n) is 6.71. The lowest BCUT2D eigenvalue weighted by Gasteiger charge is -2.07. The van der Waals surface area contributed by atoms with Crippen LogP contribution in [0.15, 0.2) is 65.8 Å². The second-order valence-electron chi connectivity index (χ2n) is 9.02. The average Bonchev–Trinajstić information content (AvgIpc) is 3.60. The molecule has 10 nitrogen and oxygen atoms in total. The number of H-pyrrole nitrogens is 1. The Morgan fingerprint density at radius 3 is 2.81 bits per heavy atom. The van der Waals surface area contributed by atoms with Gasteiger partial charge in [0.25, 0.3) is 5.56 Å². The molecule has 1 N–H and O–H groups in total. The van der Waals surface area contributed by atoms with Crippen LogP contribution in [0.2, 0.25) is 0 Å². The highest BCUT2D eigenvalue weighted by Crippen LogP contribution is 2.25. The number of aryl methyl sites for hydroxylation is 2. The topological polar surface area (TPSA) is 112 Å². The molecule has 0 aliphatic carbocycles. The lowest BCUT2D eigenvalue weighted by Crippen LogP contribution is -2.24. The van der Waals surface area contributed by atoms with Gasteiger partial charge in [-0.15, -0.1) is 0 Å². The normalized spacial score (nSPS) is 11.9. The molecule has 0 spiro atoms. The van der Waals surface area contributed by atoms with Crippen LogP contribution >= 0.6 is 0 Å². The molecule has 0 amide bonds. The van der Waals surface area contributed by atoms with Gasteiger partial charge in [-0.25, -0.2) is 19.2 Å². The van der Waals surface area contributed by atoms with Gasteiger partial charge in [0.1, 0.15) is 11.2 Å². The van der Waals surface area contributed by atoms with E-state index in [0.717, 1.165) is 55.6 Å². The number of hydrogen-bond donors (Lipinski definition) is 1. The standard InChI is InChI=1S/C26H21N9O/c1-15-10-18(35-23(30-15)8-9-28-35)11-17-6-7-19-21-13-29-34(26(36)24(21)33(2)25(19)31-17)14-16-4-3-5-22-20(16)12-27-32-22/h3-10,12-13H,11,14H2,1-2H3,(H,27,32). The molecule has 1 aromatic carbocycles. The first kappa shape index (κ1) is 20.5. The van der Waals surface area contributed by atoms with Crippen LogP contribution in [-0.2, 0) is 20.0 Å². The van der Waals surface area contributed by atoms with Crippen molar-refractivity contribution in [1.82, 2.24) is 44.1 Å². The van der Waals surface area contributed by atoms with Crippen molar-refractivity contribution in [2.75, 3.05) is 0 Å². The van der Waals surface area contributed by atoms with Crippen molar-refractivity contribution >= 4 is 38.5 Å². The maximum Gasteiger partial charge on any atom is 0.291 e. The fourth-order valence-electron chi connectivity index (χ4n) is 5.03. The molecule has 0 saturated carbocycles. The first-order valence-corrected chi connectivity index (χ1v) is 11.6. The number of hydrogen-bond acceptors (Lipinski definition) is 6. The van der Waals surface area contributed by atoms with Gasteiger partial charge in [-0.3, -0.25) is 9.89 Å². The van der Waals surface area contributed by atoms with Gasteiger partial charge in [0.15, 0.2) is 5.65 Å². The third kappa shape index (κ3) is 3.04. The second kappa shape index (κ2) is 7.57. The minimum Gasteiger partial charge on any atom is -0.324 e. The maximum atomic E-state index is 13.5. The van der Waals surface area contributed by atoms with E-state index < -0.39 is 0 Å². The van der Waals surface area contributed by atoms with Crippen LogP contribution in [0.5, 0.6) is 0 Å². The second-order valence-corrected chi connectivity index (χ2v) is 9.02. The highest BCUT2D eigenvalue weighted by Gasteiger charge is 2.17. The fourth-order valence-corrected chi connectivity index (χ4v) is 5.03. The zero-order valence-electron chi connectivity index (χ0n) is 19.7. The van der Waals surface area contributed by atoms with Gasteiger partial charge in [-0.1, -0.05) is 12.1 Å². The van der Waals surface area contributed by atoms with E-state index in [1.807, 2.05) is 65.5 Å². The molecule has 7 aromatic rings. The largest absolute Gasteiger partial charge is 0.324 e. The number of benzene rings is 1. The van der Waals surface area contributed by atoms with Crippen molar-refractivity contribution in [1.29, 1.82) is 0 Å². The van der Waals surface area contributed by atoms with Gasteiger partial charge in [0, 0.05) is 47.1 Å². The number of nitrogens with zero attached hydrogens (tertiary/aromatic N) is 8. The monoisotopic (exact) mass is 475 g/mol. The SMILES string of the molecule is Cc1cc(Cc2ccc3c4cnn(Cc5cccc6[nH]ncc56)c(=O)c4n(C)c3n2)n2nccc2n1. The van der Waals surface area contributed by atoms with Gasteiger partial charge in [-0.05, 0) is 36.8 Å². The van der Waals surface area contributed by atoms with Crippen LogP contribution in [0.25, 0.3) is 38.5 Å². The number of rotatable bonds is 4. The molecule has 0 fully saturated rings. The van der Waals surface area contributed by atoms with Crippen LogP contribution in [0.4, 0.5) is 0 Å². The van der Waals surface area contributed by atoms with Gasteiger partial charge in [0.2, 0.25) is 0 Å². The summed E-state index contributed by atoms with van der Waals surface area (Å²) < 4.78 is 5.20. The van der Waals surface area contributed by atoms with Crippen molar-refractivity contribution in [3.63, 3.8) is 0 Å². The lowest BCUT2D eigenvalue weighted by molar-refractivity contribution is 0.647. The molecule has 7 rings (SSSR count). The smallest absolute Gasteiger partial charge is 0.291 e. The Balaban J connectivity index is 1.32. The van der Waals surface area contributed by atoms with Gasteiger partial charge in [-0.2, -0.15) is 15.3 Å². The van der Waals surface area contributed by atoms with Crippen molar-refractivity contribution in [2.24, 2.45) is 7.05 Å². The molecule has 10 heteroatoms. The summed E-state index contributed by atoms with van der Waals surface area (Å²) in [5.41, 5.74) is 6.72. The minimum atomic E-state index is -0.155. The highest BCUT2D eigenvalue weighted by atomic mass is 16.1. The highest BCUT2D eigenvalue weighted by molar-refractivity contribution is 6.05. The summed E-state index contributed by atoms with van der Waals surface area (Å²) in [6.07, 6.45) is 5.88. The van der Waals surface area contributed by atoms with Gasteiger partial charge in [0.05, 0.1) is 36.3 Å². The quantitative estimate of drug-likeness (QED) is 0.419. The Morgan fingerprint density at radius 1 is 0.972 bits per heavy atom. The summed E-state index contributed by atoms with van der Waals surface area (Å²) in [5.74, 6) is 0. The molecular weight excluding hydrogens is 454 g/mol. The Hall–Kier alpha value is -4.86. The molecule has 0 aliphatic rings. The maximum absolute atomic E-state index is 13.5. The van der Waals surface area contributed by atoms with E-state index in [4.69, 9.17) is 4.98 Å². The number of aromatic nitrogens is 9. The van der Waals surface area contributed by atoms with E-state index in [2.05, 4.69) is 25.4 Å². The summed E-state index contributed by atoms with van der Waals surface area (Å²) in [7, 11) is 1.88. The molecule has 0 unspecified atom stereocenters. The van der Waals surface area contributed by atoms with E-state index in [9.17, 15) is 4.79 Å². The first-order chi connectivity index (χ1) is 17.6. The molecule has 0 saturated heterocycles. The number of aromatic amines is 1. The van der Waals surface area contributed by atoms with Crippen LogP contribution in [0.1, 0.15) is 22.6 Å². The van der Waals surface area contributed by atoms with Crippen LogP contribution < -0.4 is 5.56 Å². The average molecular weight is 476 g/mol. The summed E-state index contributed by atoms with van der Waals surface area (Å²) in [6, 6.07) is 13.8. The van der Waals surface area contributed by atoms with E-state index in [0.29, 0.717) is 18.5 Å². The van der Waals surface area contributed by atoms with E-state index in [-0.39, 0.29) is 5.56 Å². The Bertz CT molecular complexity index is 2010. The van der Waals surface area contributed by atoms with Gasteiger partial charge < -0.3 is 4.57 Å². The Morgan fingerprint density at radius 2 is 1.89 bits per heavy atom. The van der Waals surface area contributed by atoms with Crippen molar-refractivity contribution in [3.8, 4) is 0 Å². The summed E-state index contributed by atoms with van der Waals surface area (Å²) in [6.45, 7) is 2.33. The molecular formula is C26H21N9O. The molecule has 0 aliphatic heterocycles. The predicted octanol–water partition coefficient (Wildman–Crippen LogP) is 3.15. The van der Waals surface area contributed by atoms with Crippen molar-refractivity contribution in [2.45, 2.75) is 19.9 Å². The molecule has 36 heavy (non-hydrogen) atoms. The minimum absolute atomic E-state index is 0.155. The fraction of sp³-hybridized carbons (Fsp3) is 0.154. The number of nitrogens with one attached hydrogen (secondary N) is 1. The number of fused-ring (bicyclic) bond motifs is 5. The Kier molecular flexibility index (Phi) is 4.31. The molecule has 176 valence electrons. The van der Waals surface area contributed by atoms with Crippen molar-refractivity contribution < 1.29 is 0 Å². The molecule has 6 aromatic heterocycles. The predicted molar refractivity (Wildman–Crippen MR) is 136 cm³/mol. The summed E-state index contributed by atoms with van der Waals surface area (Å²) >= 11 is 0. The first-order valence-electron chi connectivity index (χ1n) is 11.6. The van der Waals surface area contributed by atoms with Crippen LogP contribution in [0.3, 0.4) is 0 Å². The molecule has 6 heterocycles. The van der Waals surface area contributed by atoms with Crippen LogP contribution in [-0.4, -0.2) is 44.1 Å². The third-order valence-corrected chi connectivity index (χ3v) is 6.71. The van der Waals surface area contributed by atoms with Crippen molar-refractivity contribution in [3.05, 3.63) is 94.1 Å². The lowest BCUT2D eigenvalue weighted by atomic mass is 10.1. The van der Waals surface area contributed by atoms with E-state index in [1.54, 1.807) is 18.6 Å². The zero-order chi connectivity index (χ0) is 24.4. The van der Waals surface area contributed by atoms with E-state index >= 15 is 0 Å².